The van der Waals surface area contributed by atoms with Gasteiger partial charge in [0.1, 0.15) is 5.82 Å². The molecule has 0 spiro atoms. The SMILES string of the molecule is Cc1ccc(C)c(Cn2c(C3CC(=O)N(CCc4ccccc4)C3)nc3ccccc32)c1. The summed E-state index contributed by atoms with van der Waals surface area (Å²) in [6, 6.07) is 25.3. The third-order valence-electron chi connectivity index (χ3n) is 6.61. The third-order valence-corrected chi connectivity index (χ3v) is 6.61. The summed E-state index contributed by atoms with van der Waals surface area (Å²) in [5.41, 5.74) is 7.26. The molecule has 4 nitrogen and oxygen atoms in total. The van der Waals surface area contributed by atoms with Crippen molar-refractivity contribution in [1.29, 1.82) is 0 Å². The molecule has 1 aliphatic heterocycles. The Labute approximate surface area is 189 Å². The van der Waals surface area contributed by atoms with E-state index in [1.165, 1.54) is 22.3 Å². The van der Waals surface area contributed by atoms with E-state index in [1.54, 1.807) is 0 Å². The molecule has 1 aliphatic rings. The average Bonchev–Trinajstić information content (AvgIpc) is 3.36. The molecular weight excluding hydrogens is 394 g/mol. The van der Waals surface area contributed by atoms with Crippen LogP contribution >= 0.6 is 0 Å². The fourth-order valence-electron chi connectivity index (χ4n) is 4.78. The molecule has 0 saturated carbocycles. The van der Waals surface area contributed by atoms with E-state index >= 15 is 0 Å². The van der Waals surface area contributed by atoms with Gasteiger partial charge < -0.3 is 9.47 Å². The molecule has 0 bridgehead atoms. The summed E-state index contributed by atoms with van der Waals surface area (Å²) < 4.78 is 2.33. The molecule has 4 aromatic rings. The van der Waals surface area contributed by atoms with Gasteiger partial charge in [0.2, 0.25) is 5.91 Å². The van der Waals surface area contributed by atoms with Gasteiger partial charge in [-0.05, 0) is 49.1 Å². The highest BCUT2D eigenvalue weighted by molar-refractivity contribution is 5.81. The van der Waals surface area contributed by atoms with Crippen LogP contribution in [0.5, 0.6) is 0 Å². The molecule has 162 valence electrons. The summed E-state index contributed by atoms with van der Waals surface area (Å²) in [5, 5.41) is 0. The number of aryl methyl sites for hydroxylation is 2. The van der Waals surface area contributed by atoms with E-state index in [-0.39, 0.29) is 11.8 Å². The number of hydrogen-bond donors (Lipinski definition) is 0. The smallest absolute Gasteiger partial charge is 0.223 e. The highest BCUT2D eigenvalue weighted by Crippen LogP contribution is 2.31. The van der Waals surface area contributed by atoms with Crippen molar-refractivity contribution in [3.8, 4) is 0 Å². The molecule has 1 amide bonds. The molecule has 0 radical (unpaired) electrons. The van der Waals surface area contributed by atoms with E-state index < -0.39 is 0 Å². The van der Waals surface area contributed by atoms with Crippen molar-refractivity contribution < 1.29 is 4.79 Å². The number of rotatable bonds is 6. The highest BCUT2D eigenvalue weighted by Gasteiger charge is 2.33. The number of fused-ring (bicyclic) bond motifs is 1. The van der Waals surface area contributed by atoms with Crippen LogP contribution in [0.1, 0.15) is 40.4 Å². The van der Waals surface area contributed by atoms with Gasteiger partial charge in [-0.1, -0.05) is 66.2 Å². The van der Waals surface area contributed by atoms with Crippen LogP contribution in [0.25, 0.3) is 11.0 Å². The lowest BCUT2D eigenvalue weighted by Crippen LogP contribution is -2.27. The predicted octanol–water partition coefficient (Wildman–Crippen LogP) is 5.26. The van der Waals surface area contributed by atoms with Crippen molar-refractivity contribution in [2.24, 2.45) is 0 Å². The van der Waals surface area contributed by atoms with E-state index in [2.05, 4.69) is 79.1 Å². The molecule has 1 atom stereocenters. The Hall–Kier alpha value is -3.40. The van der Waals surface area contributed by atoms with Crippen molar-refractivity contribution in [1.82, 2.24) is 14.5 Å². The Kier molecular flexibility index (Phi) is 5.52. The second-order valence-corrected chi connectivity index (χ2v) is 8.95. The number of likely N-dealkylation sites (tertiary alicyclic amines) is 1. The number of carbonyl (C=O) groups excluding carboxylic acids is 1. The normalized spacial score (nSPS) is 16.2. The van der Waals surface area contributed by atoms with Crippen molar-refractivity contribution >= 4 is 16.9 Å². The van der Waals surface area contributed by atoms with Crippen LogP contribution in [-0.4, -0.2) is 33.4 Å². The Morgan fingerprint density at radius 3 is 2.59 bits per heavy atom. The number of amides is 1. The minimum atomic E-state index is 0.121. The first-order valence-corrected chi connectivity index (χ1v) is 11.4. The first-order valence-electron chi connectivity index (χ1n) is 11.4. The number of imidazole rings is 1. The highest BCUT2D eigenvalue weighted by atomic mass is 16.2. The van der Waals surface area contributed by atoms with Crippen molar-refractivity contribution in [3.63, 3.8) is 0 Å². The minimum Gasteiger partial charge on any atom is -0.342 e. The molecule has 3 aromatic carbocycles. The Balaban J connectivity index is 1.43. The summed E-state index contributed by atoms with van der Waals surface area (Å²) in [7, 11) is 0. The lowest BCUT2D eigenvalue weighted by molar-refractivity contribution is -0.127. The molecule has 32 heavy (non-hydrogen) atoms. The van der Waals surface area contributed by atoms with Gasteiger partial charge in [-0.3, -0.25) is 4.79 Å². The van der Waals surface area contributed by atoms with Crippen LogP contribution in [0.2, 0.25) is 0 Å². The maximum absolute atomic E-state index is 12.9. The van der Waals surface area contributed by atoms with Gasteiger partial charge in [0.15, 0.2) is 0 Å². The molecule has 5 rings (SSSR count). The number of aromatic nitrogens is 2. The monoisotopic (exact) mass is 423 g/mol. The van der Waals surface area contributed by atoms with Gasteiger partial charge >= 0.3 is 0 Å². The second kappa shape index (κ2) is 8.62. The summed E-state index contributed by atoms with van der Waals surface area (Å²) in [6.45, 7) is 6.57. The zero-order chi connectivity index (χ0) is 22.1. The Bertz CT molecular complexity index is 1260. The number of nitrogens with zero attached hydrogens (tertiary/aromatic N) is 3. The number of hydrogen-bond acceptors (Lipinski definition) is 2. The average molecular weight is 424 g/mol. The van der Waals surface area contributed by atoms with Crippen LogP contribution in [0.3, 0.4) is 0 Å². The van der Waals surface area contributed by atoms with Crippen LogP contribution in [-0.2, 0) is 17.8 Å². The molecular formula is C28H29N3O. The molecule has 1 aromatic heterocycles. The molecule has 1 fully saturated rings. The number of para-hydroxylation sites is 2. The molecule has 1 saturated heterocycles. The largest absolute Gasteiger partial charge is 0.342 e. The number of benzene rings is 3. The summed E-state index contributed by atoms with van der Waals surface area (Å²) in [4.78, 5) is 19.9. The lowest BCUT2D eigenvalue weighted by Gasteiger charge is -2.18. The molecule has 1 unspecified atom stereocenters. The summed E-state index contributed by atoms with van der Waals surface area (Å²) in [6.07, 6.45) is 1.42. The summed E-state index contributed by atoms with van der Waals surface area (Å²) in [5.74, 6) is 1.38. The van der Waals surface area contributed by atoms with Gasteiger partial charge in [0, 0.05) is 32.0 Å². The standard InChI is InChI=1S/C28H29N3O/c1-20-12-13-21(2)23(16-20)19-31-26-11-7-6-10-25(26)29-28(31)24-17-27(32)30(18-24)15-14-22-8-4-3-5-9-22/h3-13,16,24H,14-15,17-19H2,1-2H3. The van der Waals surface area contributed by atoms with E-state index in [1.807, 2.05) is 17.0 Å². The maximum atomic E-state index is 12.9. The van der Waals surface area contributed by atoms with Gasteiger partial charge in [-0.2, -0.15) is 0 Å². The predicted molar refractivity (Wildman–Crippen MR) is 129 cm³/mol. The van der Waals surface area contributed by atoms with Crippen LogP contribution in [0, 0.1) is 13.8 Å². The Morgan fingerprint density at radius 1 is 0.969 bits per heavy atom. The number of carbonyl (C=O) groups is 1. The molecule has 4 heteroatoms. The fourth-order valence-corrected chi connectivity index (χ4v) is 4.78. The van der Waals surface area contributed by atoms with Crippen molar-refractivity contribution in [2.45, 2.75) is 39.2 Å². The first-order chi connectivity index (χ1) is 15.6. The van der Waals surface area contributed by atoms with E-state index in [0.717, 1.165) is 42.9 Å². The van der Waals surface area contributed by atoms with Gasteiger partial charge in [0.25, 0.3) is 0 Å². The molecule has 0 aliphatic carbocycles. The van der Waals surface area contributed by atoms with E-state index in [4.69, 9.17) is 4.98 Å². The molecule has 2 heterocycles. The second-order valence-electron chi connectivity index (χ2n) is 8.95. The summed E-state index contributed by atoms with van der Waals surface area (Å²) >= 11 is 0. The van der Waals surface area contributed by atoms with Gasteiger partial charge in [0.05, 0.1) is 11.0 Å². The topological polar surface area (TPSA) is 38.1 Å². The van der Waals surface area contributed by atoms with Crippen LogP contribution < -0.4 is 0 Å². The fraction of sp³-hybridized carbons (Fsp3) is 0.286. The maximum Gasteiger partial charge on any atom is 0.223 e. The Morgan fingerprint density at radius 2 is 1.75 bits per heavy atom. The van der Waals surface area contributed by atoms with Gasteiger partial charge in [-0.25, -0.2) is 4.98 Å². The lowest BCUT2D eigenvalue weighted by atomic mass is 10.0. The van der Waals surface area contributed by atoms with Crippen molar-refractivity contribution in [2.75, 3.05) is 13.1 Å². The van der Waals surface area contributed by atoms with Crippen LogP contribution in [0.4, 0.5) is 0 Å². The van der Waals surface area contributed by atoms with Gasteiger partial charge in [-0.15, -0.1) is 0 Å². The van der Waals surface area contributed by atoms with E-state index in [9.17, 15) is 4.79 Å². The van der Waals surface area contributed by atoms with Crippen molar-refractivity contribution in [3.05, 3.63) is 101 Å². The first kappa shape index (κ1) is 20.5. The zero-order valence-electron chi connectivity index (χ0n) is 18.8. The zero-order valence-corrected chi connectivity index (χ0v) is 18.8. The van der Waals surface area contributed by atoms with E-state index in [0.29, 0.717) is 6.42 Å². The minimum absolute atomic E-state index is 0.121. The molecule has 0 N–H and O–H groups in total. The third kappa shape index (κ3) is 4.05. The van der Waals surface area contributed by atoms with Crippen LogP contribution in [0.15, 0.2) is 72.8 Å². The quantitative estimate of drug-likeness (QED) is 0.424.